The molecule has 1 fully saturated rings. The minimum absolute atomic E-state index is 0.601. The number of hydrogen-bond donors (Lipinski definition) is 1. The van der Waals surface area contributed by atoms with E-state index >= 15 is 0 Å². The zero-order chi connectivity index (χ0) is 11.8. The highest BCUT2D eigenvalue weighted by Crippen LogP contribution is 2.40. The molecular weight excluding hydrogens is 212 g/mol. The quantitative estimate of drug-likeness (QED) is 0.625. The van der Waals surface area contributed by atoms with Crippen molar-refractivity contribution in [2.75, 3.05) is 5.43 Å². The molecule has 0 amide bonds. The fourth-order valence-corrected chi connectivity index (χ4v) is 2.56. The van der Waals surface area contributed by atoms with Gasteiger partial charge in [-0.25, -0.2) is 15.4 Å². The first-order valence-corrected chi connectivity index (χ1v) is 6.04. The number of nitrogens with one attached hydrogen (secondary N) is 1. The summed E-state index contributed by atoms with van der Waals surface area (Å²) in [6.45, 7) is 3.93. The summed E-state index contributed by atoms with van der Waals surface area (Å²) in [5.74, 6) is 1.97. The van der Waals surface area contributed by atoms with E-state index in [0.29, 0.717) is 11.9 Å². The van der Waals surface area contributed by atoms with Crippen molar-refractivity contribution < 1.29 is 0 Å². The summed E-state index contributed by atoms with van der Waals surface area (Å²) in [6, 6.07) is 1.96. The third-order valence-electron chi connectivity index (χ3n) is 3.44. The minimum Gasteiger partial charge on any atom is -0.245 e. The zero-order valence-electron chi connectivity index (χ0n) is 10.1. The van der Waals surface area contributed by atoms with E-state index in [-0.39, 0.29) is 0 Å². The average Bonchev–Trinajstić information content (AvgIpc) is 2.59. The van der Waals surface area contributed by atoms with E-state index in [9.17, 15) is 0 Å². The lowest BCUT2D eigenvalue weighted by atomic mass is 9.74. The van der Waals surface area contributed by atoms with Crippen LogP contribution in [0.5, 0.6) is 0 Å². The molecule has 88 valence electrons. The highest BCUT2D eigenvalue weighted by Gasteiger charge is 2.37. The molecule has 0 bridgehead atoms. The minimum atomic E-state index is 0.601. The summed E-state index contributed by atoms with van der Waals surface area (Å²) in [4.78, 5) is 8.61. The summed E-state index contributed by atoms with van der Waals surface area (Å²) in [5.41, 5.74) is 6.17. The zero-order valence-corrected chi connectivity index (χ0v) is 10.1. The molecule has 0 aromatic carbocycles. The maximum absolute atomic E-state index is 4.43. The van der Waals surface area contributed by atoms with Crippen LogP contribution >= 0.6 is 0 Å². The van der Waals surface area contributed by atoms with Crippen molar-refractivity contribution in [3.63, 3.8) is 0 Å². The van der Waals surface area contributed by atoms with Crippen LogP contribution in [0.25, 0.3) is 0 Å². The van der Waals surface area contributed by atoms with Gasteiger partial charge in [-0.3, -0.25) is 0 Å². The van der Waals surface area contributed by atoms with Gasteiger partial charge in [-0.15, -0.1) is 0 Å². The standard InChI is InChI=1S/C13H16N4/c1-8-6-9(2)15-13(14-8)17-16-12-7-10-4-3-5-11(10)12/h3-4,6,10-11H,5,7H2,1-2H3,(H,14,15,17)/b16-12-/t10-,11+/m0/s1. The number of anilines is 1. The van der Waals surface area contributed by atoms with E-state index in [2.05, 4.69) is 32.6 Å². The maximum atomic E-state index is 4.43. The summed E-state index contributed by atoms with van der Waals surface area (Å²) in [6.07, 6.45) is 6.78. The Hall–Kier alpha value is -1.71. The molecule has 2 atom stereocenters. The van der Waals surface area contributed by atoms with Gasteiger partial charge in [-0.1, -0.05) is 12.2 Å². The molecule has 0 unspecified atom stereocenters. The average molecular weight is 228 g/mol. The largest absolute Gasteiger partial charge is 0.245 e. The number of nitrogens with zero attached hydrogens (tertiary/aromatic N) is 3. The third kappa shape index (κ3) is 1.95. The molecule has 4 nitrogen and oxygen atoms in total. The Kier molecular flexibility index (Phi) is 2.42. The monoisotopic (exact) mass is 228 g/mol. The first kappa shape index (κ1) is 10.4. The van der Waals surface area contributed by atoms with Gasteiger partial charge in [-0.2, -0.15) is 5.10 Å². The fraction of sp³-hybridized carbons (Fsp3) is 0.462. The Morgan fingerprint density at radius 3 is 2.76 bits per heavy atom. The summed E-state index contributed by atoms with van der Waals surface area (Å²) in [5, 5.41) is 4.43. The Morgan fingerprint density at radius 2 is 2.06 bits per heavy atom. The molecule has 2 aliphatic rings. The number of aromatic nitrogens is 2. The van der Waals surface area contributed by atoms with Crippen LogP contribution in [0, 0.1) is 25.7 Å². The molecule has 1 aromatic rings. The molecular formula is C13H16N4. The number of rotatable bonds is 2. The predicted octanol–water partition coefficient (Wildman–Crippen LogP) is 2.46. The van der Waals surface area contributed by atoms with Crippen molar-refractivity contribution in [1.29, 1.82) is 0 Å². The number of aryl methyl sites for hydroxylation is 2. The van der Waals surface area contributed by atoms with E-state index < -0.39 is 0 Å². The van der Waals surface area contributed by atoms with Crippen LogP contribution in [0.2, 0.25) is 0 Å². The van der Waals surface area contributed by atoms with E-state index in [1.54, 1.807) is 0 Å². The first-order chi connectivity index (χ1) is 8.22. The summed E-state index contributed by atoms with van der Waals surface area (Å²) in [7, 11) is 0. The van der Waals surface area contributed by atoms with Crippen molar-refractivity contribution in [3.05, 3.63) is 29.6 Å². The third-order valence-corrected chi connectivity index (χ3v) is 3.44. The topological polar surface area (TPSA) is 50.2 Å². The van der Waals surface area contributed by atoms with Gasteiger partial charge in [0.1, 0.15) is 0 Å². The Morgan fingerprint density at radius 1 is 1.29 bits per heavy atom. The second-order valence-electron chi connectivity index (χ2n) is 4.83. The van der Waals surface area contributed by atoms with Gasteiger partial charge in [0.25, 0.3) is 0 Å². The molecule has 3 rings (SSSR count). The number of allylic oxidation sites excluding steroid dienone is 2. The van der Waals surface area contributed by atoms with Crippen molar-refractivity contribution in [1.82, 2.24) is 9.97 Å². The molecule has 1 heterocycles. The number of fused-ring (bicyclic) bond motifs is 1. The lowest BCUT2D eigenvalue weighted by molar-refractivity contribution is 0.466. The molecule has 0 spiro atoms. The maximum Gasteiger partial charge on any atom is 0.243 e. The van der Waals surface area contributed by atoms with Crippen LogP contribution in [0.15, 0.2) is 23.3 Å². The van der Waals surface area contributed by atoms with E-state index in [1.807, 2.05) is 19.9 Å². The summed E-state index contributed by atoms with van der Waals surface area (Å²) < 4.78 is 0. The van der Waals surface area contributed by atoms with Gasteiger partial charge >= 0.3 is 0 Å². The Labute approximate surface area is 101 Å². The molecule has 2 aliphatic carbocycles. The Bertz CT molecular complexity index is 484. The highest BCUT2D eigenvalue weighted by atomic mass is 15.4. The van der Waals surface area contributed by atoms with Crippen molar-refractivity contribution in [2.24, 2.45) is 16.9 Å². The normalized spacial score (nSPS) is 28.0. The molecule has 1 saturated carbocycles. The van der Waals surface area contributed by atoms with Gasteiger partial charge in [-0.05, 0) is 38.7 Å². The van der Waals surface area contributed by atoms with Crippen molar-refractivity contribution in [2.45, 2.75) is 26.7 Å². The van der Waals surface area contributed by atoms with Crippen molar-refractivity contribution >= 4 is 11.7 Å². The fourth-order valence-electron chi connectivity index (χ4n) is 2.56. The van der Waals surface area contributed by atoms with Gasteiger partial charge in [0.15, 0.2) is 0 Å². The summed E-state index contributed by atoms with van der Waals surface area (Å²) >= 11 is 0. The van der Waals surface area contributed by atoms with Crippen LogP contribution in [0.3, 0.4) is 0 Å². The van der Waals surface area contributed by atoms with E-state index in [1.165, 1.54) is 5.71 Å². The molecule has 0 saturated heterocycles. The van der Waals surface area contributed by atoms with Crippen LogP contribution in [-0.4, -0.2) is 15.7 Å². The van der Waals surface area contributed by atoms with E-state index in [0.717, 1.165) is 30.1 Å². The molecule has 1 N–H and O–H groups in total. The van der Waals surface area contributed by atoms with Crippen LogP contribution in [0.1, 0.15) is 24.2 Å². The lowest BCUT2D eigenvalue weighted by Crippen LogP contribution is -2.33. The SMILES string of the molecule is Cc1cc(C)nc(N/N=C2/C[C@@H]3C=CC[C@@H]23)n1. The molecule has 0 aliphatic heterocycles. The number of hydrazone groups is 1. The van der Waals surface area contributed by atoms with Crippen LogP contribution in [0.4, 0.5) is 5.95 Å². The lowest BCUT2D eigenvalue weighted by Gasteiger charge is -2.31. The van der Waals surface area contributed by atoms with Gasteiger partial charge < -0.3 is 0 Å². The smallest absolute Gasteiger partial charge is 0.243 e. The van der Waals surface area contributed by atoms with Crippen LogP contribution in [-0.2, 0) is 0 Å². The highest BCUT2D eigenvalue weighted by molar-refractivity contribution is 5.94. The van der Waals surface area contributed by atoms with Gasteiger partial charge in [0, 0.05) is 23.0 Å². The first-order valence-electron chi connectivity index (χ1n) is 6.04. The number of hydrogen-bond acceptors (Lipinski definition) is 4. The molecule has 17 heavy (non-hydrogen) atoms. The second-order valence-corrected chi connectivity index (χ2v) is 4.83. The van der Waals surface area contributed by atoms with Crippen molar-refractivity contribution in [3.8, 4) is 0 Å². The Balaban J connectivity index is 1.70. The molecule has 1 aromatic heterocycles. The van der Waals surface area contributed by atoms with Gasteiger partial charge in [0.2, 0.25) is 5.95 Å². The molecule has 4 heteroatoms. The molecule has 0 radical (unpaired) electrons. The van der Waals surface area contributed by atoms with E-state index in [4.69, 9.17) is 0 Å². The predicted molar refractivity (Wildman–Crippen MR) is 67.9 cm³/mol. The van der Waals surface area contributed by atoms with Gasteiger partial charge in [0.05, 0.1) is 0 Å². The second kappa shape index (κ2) is 3.95. The van der Waals surface area contributed by atoms with Crippen LogP contribution < -0.4 is 5.43 Å².